The number of fused-ring (bicyclic) bond motifs is 1. The van der Waals surface area contributed by atoms with Crippen molar-refractivity contribution in [2.24, 2.45) is 11.7 Å². The zero-order valence-corrected chi connectivity index (χ0v) is 12.4. The third kappa shape index (κ3) is 2.58. The second-order valence-electron chi connectivity index (χ2n) is 6.27. The Morgan fingerprint density at radius 3 is 3.00 bits per heavy atom. The number of hydrogen-bond acceptors (Lipinski definition) is 3. The Balaban J connectivity index is 1.94. The molecule has 0 aromatic carbocycles. The Morgan fingerprint density at radius 1 is 1.40 bits per heavy atom. The Labute approximate surface area is 120 Å². The van der Waals surface area contributed by atoms with Gasteiger partial charge in [0.2, 0.25) is 0 Å². The highest BCUT2D eigenvalue weighted by Gasteiger charge is 2.32. The quantitative estimate of drug-likeness (QED) is 0.933. The summed E-state index contributed by atoms with van der Waals surface area (Å²) < 4.78 is 2.09. The second kappa shape index (κ2) is 5.54. The Bertz CT molecular complexity index is 542. The number of nitrogens with zero attached hydrogens (tertiary/aromatic N) is 3. The first-order valence-corrected chi connectivity index (χ1v) is 7.58. The fourth-order valence-corrected chi connectivity index (χ4v) is 3.27. The molecule has 108 valence electrons. The molecule has 0 radical (unpaired) electrons. The molecule has 2 aromatic heterocycles. The number of nitrogens with two attached hydrogens (primary N) is 1. The van der Waals surface area contributed by atoms with Crippen molar-refractivity contribution < 1.29 is 0 Å². The van der Waals surface area contributed by atoms with Crippen LogP contribution in [0.15, 0.2) is 30.6 Å². The summed E-state index contributed by atoms with van der Waals surface area (Å²) in [4.78, 5) is 7.30. The molecule has 1 saturated heterocycles. The van der Waals surface area contributed by atoms with Crippen LogP contribution in [0.5, 0.6) is 0 Å². The number of imidazole rings is 1. The second-order valence-corrected chi connectivity index (χ2v) is 6.27. The van der Waals surface area contributed by atoms with Crippen molar-refractivity contribution in [1.82, 2.24) is 14.3 Å². The summed E-state index contributed by atoms with van der Waals surface area (Å²) in [5.41, 5.74) is 8.53. The Hall–Kier alpha value is -1.39. The summed E-state index contributed by atoms with van der Waals surface area (Å²) in [7, 11) is 0. The largest absolute Gasteiger partial charge is 0.326 e. The highest BCUT2D eigenvalue weighted by atomic mass is 15.2. The van der Waals surface area contributed by atoms with Gasteiger partial charge in [0.05, 0.1) is 11.7 Å². The molecular weight excluding hydrogens is 248 g/mol. The van der Waals surface area contributed by atoms with Crippen molar-refractivity contribution in [1.29, 1.82) is 0 Å². The first kappa shape index (κ1) is 13.6. The zero-order chi connectivity index (χ0) is 14.1. The lowest BCUT2D eigenvalue weighted by molar-refractivity contribution is 0.111. The van der Waals surface area contributed by atoms with Crippen LogP contribution in [-0.2, 0) is 0 Å². The van der Waals surface area contributed by atoms with E-state index in [2.05, 4.69) is 29.3 Å². The molecule has 2 atom stereocenters. The lowest BCUT2D eigenvalue weighted by Gasteiger charge is -2.39. The van der Waals surface area contributed by atoms with Gasteiger partial charge in [-0.3, -0.25) is 4.90 Å². The van der Waals surface area contributed by atoms with E-state index >= 15 is 0 Å². The molecule has 0 amide bonds. The van der Waals surface area contributed by atoms with Crippen LogP contribution in [0.2, 0.25) is 0 Å². The molecule has 2 N–H and O–H groups in total. The van der Waals surface area contributed by atoms with Crippen molar-refractivity contribution in [2.75, 3.05) is 13.1 Å². The summed E-state index contributed by atoms with van der Waals surface area (Å²) >= 11 is 0. The van der Waals surface area contributed by atoms with Crippen LogP contribution in [0.3, 0.4) is 0 Å². The maximum Gasteiger partial charge on any atom is 0.137 e. The van der Waals surface area contributed by atoms with Crippen molar-refractivity contribution in [3.8, 4) is 0 Å². The fraction of sp³-hybridized carbons (Fsp3) is 0.562. The highest BCUT2D eigenvalue weighted by Crippen LogP contribution is 2.30. The highest BCUT2D eigenvalue weighted by molar-refractivity contribution is 5.40. The molecule has 0 spiro atoms. The fourth-order valence-electron chi connectivity index (χ4n) is 3.27. The number of likely N-dealkylation sites (tertiary alicyclic amines) is 1. The van der Waals surface area contributed by atoms with Crippen molar-refractivity contribution in [2.45, 2.75) is 38.8 Å². The number of pyridine rings is 1. The van der Waals surface area contributed by atoms with E-state index in [9.17, 15) is 0 Å². The number of aromatic nitrogens is 2. The monoisotopic (exact) mass is 272 g/mol. The van der Waals surface area contributed by atoms with Crippen LogP contribution >= 0.6 is 0 Å². The van der Waals surface area contributed by atoms with Gasteiger partial charge in [0.1, 0.15) is 5.65 Å². The topological polar surface area (TPSA) is 46.6 Å². The third-order valence-corrected chi connectivity index (χ3v) is 4.07. The molecule has 2 aromatic rings. The third-order valence-electron chi connectivity index (χ3n) is 4.07. The molecule has 0 aliphatic carbocycles. The van der Waals surface area contributed by atoms with E-state index in [-0.39, 0.29) is 12.1 Å². The van der Waals surface area contributed by atoms with E-state index in [0.29, 0.717) is 5.92 Å². The van der Waals surface area contributed by atoms with Gasteiger partial charge in [0, 0.05) is 25.0 Å². The van der Waals surface area contributed by atoms with Crippen molar-refractivity contribution >= 4 is 5.65 Å². The molecular formula is C16H24N4. The summed E-state index contributed by atoms with van der Waals surface area (Å²) in [6.07, 6.45) is 6.47. The van der Waals surface area contributed by atoms with E-state index in [1.807, 2.05) is 24.4 Å². The summed E-state index contributed by atoms with van der Waals surface area (Å²) in [6, 6.07) is 6.55. The van der Waals surface area contributed by atoms with Crippen LogP contribution in [0.1, 0.15) is 38.4 Å². The Morgan fingerprint density at radius 2 is 2.25 bits per heavy atom. The molecule has 3 rings (SSSR count). The maximum absolute atomic E-state index is 6.41. The predicted octanol–water partition coefficient (Wildman–Crippen LogP) is 2.45. The molecule has 4 nitrogen and oxygen atoms in total. The van der Waals surface area contributed by atoms with Gasteiger partial charge in [-0.05, 0) is 37.4 Å². The van der Waals surface area contributed by atoms with E-state index in [1.54, 1.807) is 0 Å². The minimum absolute atomic E-state index is 0.187. The molecule has 1 aliphatic rings. The van der Waals surface area contributed by atoms with Gasteiger partial charge in [0.15, 0.2) is 0 Å². The SMILES string of the molecule is CC(C)CN1CCCC(N)C1c1cn2ccccc2n1. The summed E-state index contributed by atoms with van der Waals surface area (Å²) in [5.74, 6) is 0.653. The lowest BCUT2D eigenvalue weighted by Crippen LogP contribution is -2.47. The first-order chi connectivity index (χ1) is 9.65. The van der Waals surface area contributed by atoms with Gasteiger partial charge in [-0.1, -0.05) is 19.9 Å². The van der Waals surface area contributed by atoms with Gasteiger partial charge in [-0.2, -0.15) is 0 Å². The standard InChI is InChI=1S/C16H24N4/c1-12(2)10-20-9-5-6-13(17)16(20)14-11-19-8-4-3-7-15(19)18-14/h3-4,7-8,11-13,16H,5-6,9-10,17H2,1-2H3. The van der Waals surface area contributed by atoms with E-state index in [1.165, 1.54) is 6.42 Å². The lowest BCUT2D eigenvalue weighted by atomic mass is 9.94. The van der Waals surface area contributed by atoms with E-state index < -0.39 is 0 Å². The average molecular weight is 272 g/mol. The number of piperidine rings is 1. The number of rotatable bonds is 3. The number of hydrogen-bond donors (Lipinski definition) is 1. The van der Waals surface area contributed by atoms with Crippen LogP contribution in [0.4, 0.5) is 0 Å². The van der Waals surface area contributed by atoms with E-state index in [4.69, 9.17) is 10.7 Å². The predicted molar refractivity (Wildman–Crippen MR) is 81.6 cm³/mol. The molecule has 0 bridgehead atoms. The van der Waals surface area contributed by atoms with Gasteiger partial charge in [0.25, 0.3) is 0 Å². The van der Waals surface area contributed by atoms with E-state index in [0.717, 1.165) is 30.9 Å². The van der Waals surface area contributed by atoms with Crippen LogP contribution < -0.4 is 5.73 Å². The smallest absolute Gasteiger partial charge is 0.137 e. The van der Waals surface area contributed by atoms with Crippen molar-refractivity contribution in [3.63, 3.8) is 0 Å². The molecule has 2 unspecified atom stereocenters. The summed E-state index contributed by atoms with van der Waals surface area (Å²) in [6.45, 7) is 6.75. The normalized spacial score (nSPS) is 24.6. The van der Waals surface area contributed by atoms with Crippen LogP contribution in [0, 0.1) is 5.92 Å². The maximum atomic E-state index is 6.41. The molecule has 1 aliphatic heterocycles. The molecule has 3 heterocycles. The van der Waals surface area contributed by atoms with Crippen molar-refractivity contribution in [3.05, 3.63) is 36.3 Å². The minimum Gasteiger partial charge on any atom is -0.326 e. The van der Waals surface area contributed by atoms with Crippen LogP contribution in [-0.4, -0.2) is 33.4 Å². The van der Waals surface area contributed by atoms with Gasteiger partial charge in [-0.25, -0.2) is 4.98 Å². The van der Waals surface area contributed by atoms with Crippen LogP contribution in [0.25, 0.3) is 5.65 Å². The molecule has 1 fully saturated rings. The first-order valence-electron chi connectivity index (χ1n) is 7.58. The Kier molecular flexibility index (Phi) is 3.76. The van der Waals surface area contributed by atoms with Gasteiger partial charge >= 0.3 is 0 Å². The van der Waals surface area contributed by atoms with Gasteiger partial charge in [-0.15, -0.1) is 0 Å². The average Bonchev–Trinajstić information content (AvgIpc) is 2.81. The van der Waals surface area contributed by atoms with Gasteiger partial charge < -0.3 is 10.1 Å². The minimum atomic E-state index is 0.187. The zero-order valence-electron chi connectivity index (χ0n) is 12.4. The molecule has 0 saturated carbocycles. The molecule has 4 heteroatoms. The summed E-state index contributed by atoms with van der Waals surface area (Å²) in [5, 5.41) is 0. The molecule has 20 heavy (non-hydrogen) atoms.